The van der Waals surface area contributed by atoms with E-state index in [0.717, 1.165) is 19.5 Å². The van der Waals surface area contributed by atoms with Gasteiger partial charge < -0.3 is 10.1 Å². The molecule has 0 aliphatic carbocycles. The lowest BCUT2D eigenvalue weighted by molar-refractivity contribution is -0.149. The van der Waals surface area contributed by atoms with E-state index >= 15 is 0 Å². The summed E-state index contributed by atoms with van der Waals surface area (Å²) >= 11 is 0. The molecule has 1 saturated heterocycles. The molecular formula is C8H15NO2. The molecule has 3 heteroatoms. The Morgan fingerprint density at radius 3 is 2.91 bits per heavy atom. The van der Waals surface area contributed by atoms with E-state index in [1.807, 2.05) is 0 Å². The molecule has 1 rings (SSSR count). The van der Waals surface area contributed by atoms with Gasteiger partial charge in [0.25, 0.3) is 0 Å². The van der Waals surface area contributed by atoms with Crippen molar-refractivity contribution in [3.63, 3.8) is 0 Å². The van der Waals surface area contributed by atoms with Crippen LogP contribution in [-0.2, 0) is 9.53 Å². The lowest BCUT2D eigenvalue weighted by atomic mass is 9.98. The number of esters is 1. The van der Waals surface area contributed by atoms with E-state index in [4.69, 9.17) is 4.74 Å². The molecule has 0 spiro atoms. The molecule has 1 aliphatic heterocycles. The summed E-state index contributed by atoms with van der Waals surface area (Å²) in [5, 5.41) is 3.25. The first-order valence-electron chi connectivity index (χ1n) is 4.08. The van der Waals surface area contributed by atoms with E-state index in [9.17, 15) is 4.79 Å². The molecule has 3 nitrogen and oxygen atoms in total. The van der Waals surface area contributed by atoms with Crippen LogP contribution in [0.15, 0.2) is 0 Å². The Kier molecular flexibility index (Phi) is 2.88. The van der Waals surface area contributed by atoms with Crippen molar-refractivity contribution in [3.05, 3.63) is 0 Å². The topological polar surface area (TPSA) is 38.3 Å². The van der Waals surface area contributed by atoms with Crippen LogP contribution in [0.3, 0.4) is 0 Å². The predicted molar refractivity (Wildman–Crippen MR) is 42.2 cm³/mol. The summed E-state index contributed by atoms with van der Waals surface area (Å²) < 4.78 is 5.12. The van der Waals surface area contributed by atoms with Gasteiger partial charge in [0, 0.05) is 19.4 Å². The van der Waals surface area contributed by atoms with Crippen LogP contribution in [0.1, 0.15) is 20.3 Å². The molecule has 1 aliphatic rings. The molecule has 64 valence electrons. The van der Waals surface area contributed by atoms with Gasteiger partial charge in [0.05, 0.1) is 0 Å². The summed E-state index contributed by atoms with van der Waals surface area (Å²) in [6.07, 6.45) is 1.08. The summed E-state index contributed by atoms with van der Waals surface area (Å²) in [5.41, 5.74) is 0. The van der Waals surface area contributed by atoms with Crippen molar-refractivity contribution in [1.82, 2.24) is 5.32 Å². The zero-order chi connectivity index (χ0) is 8.27. The number of hydrogen-bond acceptors (Lipinski definition) is 3. The highest BCUT2D eigenvalue weighted by Gasteiger charge is 2.22. The van der Waals surface area contributed by atoms with E-state index in [2.05, 4.69) is 12.2 Å². The fourth-order valence-electron chi connectivity index (χ4n) is 1.38. The van der Waals surface area contributed by atoms with E-state index in [-0.39, 0.29) is 12.1 Å². The molecule has 1 heterocycles. The van der Waals surface area contributed by atoms with Crippen LogP contribution >= 0.6 is 0 Å². The Morgan fingerprint density at radius 2 is 2.36 bits per heavy atom. The number of piperidine rings is 1. The molecule has 0 aromatic heterocycles. The van der Waals surface area contributed by atoms with Crippen LogP contribution in [0.5, 0.6) is 0 Å². The van der Waals surface area contributed by atoms with Gasteiger partial charge >= 0.3 is 5.97 Å². The Morgan fingerprint density at radius 1 is 1.64 bits per heavy atom. The van der Waals surface area contributed by atoms with Crippen LogP contribution in [0.4, 0.5) is 0 Å². The van der Waals surface area contributed by atoms with Crippen molar-refractivity contribution in [2.24, 2.45) is 5.92 Å². The third-order valence-corrected chi connectivity index (χ3v) is 2.02. The number of nitrogens with one attached hydrogen (secondary N) is 1. The van der Waals surface area contributed by atoms with Gasteiger partial charge in [-0.1, -0.05) is 6.92 Å². The average Bonchev–Trinajstić information content (AvgIpc) is 1.93. The van der Waals surface area contributed by atoms with Gasteiger partial charge in [-0.3, -0.25) is 4.79 Å². The summed E-state index contributed by atoms with van der Waals surface area (Å²) in [4.78, 5) is 10.6. The Balaban J connectivity index is 2.35. The first-order valence-corrected chi connectivity index (χ1v) is 4.08. The van der Waals surface area contributed by atoms with Gasteiger partial charge in [0.15, 0.2) is 0 Å². The summed E-state index contributed by atoms with van der Waals surface area (Å²) in [5.74, 6) is 0.288. The van der Waals surface area contributed by atoms with Crippen molar-refractivity contribution in [1.29, 1.82) is 0 Å². The third kappa shape index (κ3) is 2.50. The van der Waals surface area contributed by atoms with Gasteiger partial charge in [-0.25, -0.2) is 0 Å². The van der Waals surface area contributed by atoms with Crippen molar-refractivity contribution >= 4 is 5.97 Å². The van der Waals surface area contributed by atoms with E-state index < -0.39 is 0 Å². The lowest BCUT2D eigenvalue weighted by Gasteiger charge is -2.28. The van der Waals surface area contributed by atoms with Crippen LogP contribution in [0.25, 0.3) is 0 Å². The molecule has 0 radical (unpaired) electrons. The van der Waals surface area contributed by atoms with Crippen LogP contribution in [-0.4, -0.2) is 25.2 Å². The molecular weight excluding hydrogens is 142 g/mol. The number of rotatable bonds is 1. The maximum Gasteiger partial charge on any atom is 0.302 e. The van der Waals surface area contributed by atoms with Crippen molar-refractivity contribution in [2.45, 2.75) is 26.4 Å². The number of ether oxygens (including phenoxy) is 1. The van der Waals surface area contributed by atoms with Crippen molar-refractivity contribution < 1.29 is 9.53 Å². The summed E-state index contributed by atoms with van der Waals surface area (Å²) in [6, 6.07) is 0. The number of carbonyl (C=O) groups is 1. The summed E-state index contributed by atoms with van der Waals surface area (Å²) in [7, 11) is 0. The highest BCUT2D eigenvalue weighted by atomic mass is 16.5. The molecule has 2 atom stereocenters. The largest absolute Gasteiger partial charge is 0.462 e. The van der Waals surface area contributed by atoms with Crippen molar-refractivity contribution in [2.75, 3.05) is 13.1 Å². The second-order valence-electron chi connectivity index (χ2n) is 3.12. The second kappa shape index (κ2) is 3.72. The minimum absolute atomic E-state index is 0.133. The average molecular weight is 157 g/mol. The standard InChI is InChI=1S/C8H15NO2/c1-6-5-9-4-3-8(6)11-7(2)10/h6,8-9H,3-5H2,1-2H3. The lowest BCUT2D eigenvalue weighted by Crippen LogP contribution is -2.40. The zero-order valence-electron chi connectivity index (χ0n) is 7.09. The SMILES string of the molecule is CC(=O)OC1CCNCC1C. The Labute approximate surface area is 67.1 Å². The smallest absolute Gasteiger partial charge is 0.302 e. The highest BCUT2D eigenvalue weighted by Crippen LogP contribution is 2.14. The fourth-order valence-corrected chi connectivity index (χ4v) is 1.38. The van der Waals surface area contributed by atoms with Crippen LogP contribution in [0.2, 0.25) is 0 Å². The van der Waals surface area contributed by atoms with Gasteiger partial charge in [0.1, 0.15) is 6.10 Å². The van der Waals surface area contributed by atoms with Gasteiger partial charge in [-0.15, -0.1) is 0 Å². The minimum atomic E-state index is -0.163. The highest BCUT2D eigenvalue weighted by molar-refractivity contribution is 5.66. The quantitative estimate of drug-likeness (QED) is 0.565. The molecule has 1 fully saturated rings. The van der Waals surface area contributed by atoms with Gasteiger partial charge in [0.2, 0.25) is 0 Å². The number of carbonyl (C=O) groups excluding carboxylic acids is 1. The molecule has 2 unspecified atom stereocenters. The monoisotopic (exact) mass is 157 g/mol. The first kappa shape index (κ1) is 8.53. The Bertz CT molecular complexity index is 147. The van der Waals surface area contributed by atoms with Crippen LogP contribution < -0.4 is 5.32 Å². The molecule has 11 heavy (non-hydrogen) atoms. The predicted octanol–water partition coefficient (Wildman–Crippen LogP) is 0.547. The van der Waals surface area contributed by atoms with E-state index in [1.54, 1.807) is 0 Å². The normalized spacial score (nSPS) is 31.5. The second-order valence-corrected chi connectivity index (χ2v) is 3.12. The first-order chi connectivity index (χ1) is 5.20. The molecule has 1 N–H and O–H groups in total. The molecule has 0 saturated carbocycles. The minimum Gasteiger partial charge on any atom is -0.462 e. The molecule has 0 amide bonds. The van der Waals surface area contributed by atoms with E-state index in [1.165, 1.54) is 6.92 Å². The van der Waals surface area contributed by atoms with Crippen LogP contribution in [0, 0.1) is 5.92 Å². The summed E-state index contributed by atoms with van der Waals surface area (Å²) in [6.45, 7) is 5.48. The van der Waals surface area contributed by atoms with Crippen molar-refractivity contribution in [3.8, 4) is 0 Å². The molecule has 0 aromatic carbocycles. The maximum atomic E-state index is 10.6. The maximum absolute atomic E-state index is 10.6. The Hall–Kier alpha value is -0.570. The fraction of sp³-hybridized carbons (Fsp3) is 0.875. The molecule has 0 aromatic rings. The number of hydrogen-bond donors (Lipinski definition) is 1. The third-order valence-electron chi connectivity index (χ3n) is 2.02. The zero-order valence-corrected chi connectivity index (χ0v) is 7.09. The van der Waals surface area contributed by atoms with Gasteiger partial charge in [-0.2, -0.15) is 0 Å². The van der Waals surface area contributed by atoms with E-state index in [0.29, 0.717) is 5.92 Å². The molecule has 0 bridgehead atoms. The van der Waals surface area contributed by atoms with Gasteiger partial charge in [-0.05, 0) is 13.0 Å².